The Labute approximate surface area is 140 Å². The SMILES string of the molecule is COc1cccc([C@H](O)C(=O)NCC2(c3ccccc3F)CC2)c1. The van der Waals surface area contributed by atoms with Crippen LogP contribution in [0, 0.1) is 5.82 Å². The maximum absolute atomic E-state index is 14.0. The summed E-state index contributed by atoms with van der Waals surface area (Å²) in [4.78, 5) is 12.2. The maximum Gasteiger partial charge on any atom is 0.253 e. The molecule has 24 heavy (non-hydrogen) atoms. The Kier molecular flexibility index (Phi) is 4.53. The van der Waals surface area contributed by atoms with Gasteiger partial charge in [0.1, 0.15) is 11.6 Å². The third kappa shape index (κ3) is 3.26. The van der Waals surface area contributed by atoms with Gasteiger partial charge in [0.25, 0.3) is 5.91 Å². The van der Waals surface area contributed by atoms with E-state index in [1.54, 1.807) is 42.5 Å². The van der Waals surface area contributed by atoms with E-state index in [1.165, 1.54) is 13.2 Å². The van der Waals surface area contributed by atoms with Crippen molar-refractivity contribution < 1.29 is 19.0 Å². The van der Waals surface area contributed by atoms with Crippen LogP contribution in [0.15, 0.2) is 48.5 Å². The van der Waals surface area contributed by atoms with E-state index in [9.17, 15) is 14.3 Å². The quantitative estimate of drug-likeness (QED) is 0.857. The molecule has 4 nitrogen and oxygen atoms in total. The lowest BCUT2D eigenvalue weighted by Gasteiger charge is -2.19. The molecule has 0 aliphatic heterocycles. The molecule has 1 atom stereocenters. The molecule has 1 amide bonds. The third-order valence-electron chi connectivity index (χ3n) is 4.56. The predicted octanol–water partition coefficient (Wildman–Crippen LogP) is 2.72. The van der Waals surface area contributed by atoms with Crippen LogP contribution in [0.2, 0.25) is 0 Å². The third-order valence-corrected chi connectivity index (χ3v) is 4.56. The second-order valence-corrected chi connectivity index (χ2v) is 6.16. The maximum atomic E-state index is 14.0. The summed E-state index contributed by atoms with van der Waals surface area (Å²) in [6.07, 6.45) is 0.365. The van der Waals surface area contributed by atoms with E-state index in [0.29, 0.717) is 23.4 Å². The first-order valence-electron chi connectivity index (χ1n) is 7.90. The smallest absolute Gasteiger partial charge is 0.253 e. The molecule has 0 unspecified atom stereocenters. The van der Waals surface area contributed by atoms with Crippen molar-refractivity contribution in [2.75, 3.05) is 13.7 Å². The highest BCUT2D eigenvalue weighted by atomic mass is 19.1. The molecule has 0 saturated heterocycles. The highest BCUT2D eigenvalue weighted by Gasteiger charge is 2.46. The first-order chi connectivity index (χ1) is 11.6. The molecule has 0 radical (unpaired) electrons. The zero-order chi connectivity index (χ0) is 17.2. The number of carbonyl (C=O) groups excluding carboxylic acids is 1. The minimum Gasteiger partial charge on any atom is -0.497 e. The number of aliphatic hydroxyl groups is 1. The van der Waals surface area contributed by atoms with Crippen molar-refractivity contribution in [3.05, 3.63) is 65.5 Å². The van der Waals surface area contributed by atoms with Crippen LogP contribution in [-0.2, 0) is 10.2 Å². The van der Waals surface area contributed by atoms with Gasteiger partial charge in [-0.05, 0) is 42.2 Å². The number of carbonyl (C=O) groups is 1. The normalized spacial score (nSPS) is 16.3. The molecule has 3 rings (SSSR count). The van der Waals surface area contributed by atoms with Gasteiger partial charge in [0.2, 0.25) is 0 Å². The van der Waals surface area contributed by atoms with Gasteiger partial charge in [-0.25, -0.2) is 4.39 Å². The van der Waals surface area contributed by atoms with E-state index in [4.69, 9.17) is 4.74 Å². The lowest BCUT2D eigenvalue weighted by Crippen LogP contribution is -2.36. The number of hydrogen-bond donors (Lipinski definition) is 2. The second kappa shape index (κ2) is 6.61. The van der Waals surface area contributed by atoms with Gasteiger partial charge in [-0.2, -0.15) is 0 Å². The van der Waals surface area contributed by atoms with Crippen molar-refractivity contribution >= 4 is 5.91 Å². The van der Waals surface area contributed by atoms with Crippen LogP contribution >= 0.6 is 0 Å². The molecular weight excluding hydrogens is 309 g/mol. The average molecular weight is 329 g/mol. The molecule has 0 spiro atoms. The molecule has 0 heterocycles. The van der Waals surface area contributed by atoms with Gasteiger partial charge in [-0.15, -0.1) is 0 Å². The van der Waals surface area contributed by atoms with Gasteiger partial charge >= 0.3 is 0 Å². The summed E-state index contributed by atoms with van der Waals surface area (Å²) in [7, 11) is 1.52. The van der Waals surface area contributed by atoms with Crippen molar-refractivity contribution in [3.8, 4) is 5.75 Å². The molecule has 0 aromatic heterocycles. The molecule has 2 N–H and O–H groups in total. The van der Waals surface area contributed by atoms with E-state index in [1.807, 2.05) is 0 Å². The molecule has 5 heteroatoms. The Morgan fingerprint density at radius 3 is 2.71 bits per heavy atom. The molecule has 1 aliphatic rings. The van der Waals surface area contributed by atoms with Crippen LogP contribution in [0.1, 0.15) is 30.1 Å². The summed E-state index contributed by atoms with van der Waals surface area (Å²) in [5.41, 5.74) is 0.735. The van der Waals surface area contributed by atoms with Gasteiger partial charge in [-0.1, -0.05) is 30.3 Å². The monoisotopic (exact) mass is 329 g/mol. The fraction of sp³-hybridized carbons (Fsp3) is 0.316. The van der Waals surface area contributed by atoms with E-state index in [2.05, 4.69) is 5.32 Å². The van der Waals surface area contributed by atoms with Crippen molar-refractivity contribution in [2.45, 2.75) is 24.4 Å². The summed E-state index contributed by atoms with van der Waals surface area (Å²) in [6.45, 7) is 0.313. The van der Waals surface area contributed by atoms with Gasteiger partial charge in [0.15, 0.2) is 6.10 Å². The first-order valence-corrected chi connectivity index (χ1v) is 7.90. The van der Waals surface area contributed by atoms with E-state index in [0.717, 1.165) is 12.8 Å². The number of nitrogens with one attached hydrogen (secondary N) is 1. The molecular formula is C19H20FNO3. The van der Waals surface area contributed by atoms with Crippen LogP contribution in [0.25, 0.3) is 0 Å². The van der Waals surface area contributed by atoms with Crippen molar-refractivity contribution in [1.29, 1.82) is 0 Å². The molecule has 2 aromatic rings. The largest absolute Gasteiger partial charge is 0.497 e. The Hall–Kier alpha value is -2.40. The molecule has 1 saturated carbocycles. The van der Waals surface area contributed by atoms with Crippen LogP contribution < -0.4 is 10.1 Å². The Balaban J connectivity index is 1.66. The Morgan fingerprint density at radius 1 is 1.29 bits per heavy atom. The highest BCUT2D eigenvalue weighted by molar-refractivity contribution is 5.82. The zero-order valence-electron chi connectivity index (χ0n) is 13.5. The Bertz CT molecular complexity index is 743. The van der Waals surface area contributed by atoms with Crippen LogP contribution in [0.5, 0.6) is 5.75 Å². The average Bonchev–Trinajstić information content (AvgIpc) is 3.40. The summed E-state index contributed by atoms with van der Waals surface area (Å²) < 4.78 is 19.1. The fourth-order valence-electron chi connectivity index (χ4n) is 2.90. The van der Waals surface area contributed by atoms with Crippen LogP contribution in [0.3, 0.4) is 0 Å². The van der Waals surface area contributed by atoms with Crippen molar-refractivity contribution in [2.24, 2.45) is 0 Å². The van der Waals surface area contributed by atoms with E-state index >= 15 is 0 Å². The van der Waals surface area contributed by atoms with E-state index < -0.39 is 12.0 Å². The van der Waals surface area contributed by atoms with Crippen LogP contribution in [0.4, 0.5) is 4.39 Å². The molecule has 1 aliphatic carbocycles. The number of amides is 1. The highest BCUT2D eigenvalue weighted by Crippen LogP contribution is 2.48. The summed E-state index contributed by atoms with van der Waals surface area (Å²) >= 11 is 0. The van der Waals surface area contributed by atoms with Gasteiger partial charge in [0, 0.05) is 12.0 Å². The van der Waals surface area contributed by atoms with Gasteiger partial charge < -0.3 is 15.2 Å². The van der Waals surface area contributed by atoms with Crippen LogP contribution in [-0.4, -0.2) is 24.7 Å². The number of hydrogen-bond acceptors (Lipinski definition) is 3. The second-order valence-electron chi connectivity index (χ2n) is 6.16. The topological polar surface area (TPSA) is 58.6 Å². The number of methoxy groups -OCH3 is 1. The Morgan fingerprint density at radius 2 is 2.04 bits per heavy atom. The van der Waals surface area contributed by atoms with Gasteiger partial charge in [-0.3, -0.25) is 4.79 Å². The molecule has 126 valence electrons. The summed E-state index contributed by atoms with van der Waals surface area (Å²) in [6, 6.07) is 13.4. The summed E-state index contributed by atoms with van der Waals surface area (Å²) in [5, 5.41) is 13.0. The fourth-order valence-corrected chi connectivity index (χ4v) is 2.90. The number of rotatable bonds is 6. The minimum atomic E-state index is -1.28. The predicted molar refractivity (Wildman–Crippen MR) is 88.3 cm³/mol. The van der Waals surface area contributed by atoms with Gasteiger partial charge in [0.05, 0.1) is 7.11 Å². The van der Waals surface area contributed by atoms with E-state index in [-0.39, 0.29) is 11.2 Å². The number of aliphatic hydroxyl groups excluding tert-OH is 1. The standard InChI is InChI=1S/C19H20FNO3/c1-24-14-6-4-5-13(11-14)17(22)18(23)21-12-19(9-10-19)15-7-2-3-8-16(15)20/h2-8,11,17,22H,9-10,12H2,1H3,(H,21,23)/t17-/m0/s1. The molecule has 2 aromatic carbocycles. The van der Waals surface area contributed by atoms with Crippen molar-refractivity contribution in [1.82, 2.24) is 5.32 Å². The first kappa shape index (κ1) is 16.5. The minimum absolute atomic E-state index is 0.252. The lowest BCUT2D eigenvalue weighted by molar-refractivity contribution is -0.129. The molecule has 0 bridgehead atoms. The number of halogens is 1. The summed E-state index contributed by atoms with van der Waals surface area (Å²) in [5.74, 6) is -0.173. The molecule has 1 fully saturated rings. The number of benzene rings is 2. The zero-order valence-corrected chi connectivity index (χ0v) is 13.5. The number of ether oxygens (including phenoxy) is 1. The lowest BCUT2D eigenvalue weighted by atomic mass is 9.95. The van der Waals surface area contributed by atoms with Crippen molar-refractivity contribution in [3.63, 3.8) is 0 Å².